The van der Waals surface area contributed by atoms with Gasteiger partial charge in [0.25, 0.3) is 0 Å². The first kappa shape index (κ1) is 25.6. The van der Waals surface area contributed by atoms with Crippen LogP contribution in [-0.2, 0) is 4.74 Å². The van der Waals surface area contributed by atoms with E-state index in [1.54, 1.807) is 18.4 Å². The summed E-state index contributed by atoms with van der Waals surface area (Å²) in [5.74, 6) is 2.61. The summed E-state index contributed by atoms with van der Waals surface area (Å²) in [6, 6.07) is 2.26. The van der Waals surface area contributed by atoms with Crippen LogP contribution in [0.2, 0.25) is 0 Å². The Kier molecular flexibility index (Phi) is 7.39. The zero-order valence-electron chi connectivity index (χ0n) is 21.9. The minimum atomic E-state index is -0.158. The Morgan fingerprint density at radius 2 is 1.94 bits per heavy atom. The lowest BCUT2D eigenvalue weighted by Crippen LogP contribution is -2.30. The lowest BCUT2D eigenvalue weighted by atomic mass is 9.92. The maximum atomic E-state index is 6.65. The number of hydrogen-bond acceptors (Lipinski definition) is 8. The highest BCUT2D eigenvalue weighted by Crippen LogP contribution is 2.42. The number of thiazole rings is 1. The predicted octanol–water partition coefficient (Wildman–Crippen LogP) is 6.59. The SMILES string of the molecule is CO[C@@H]1CCC[C@@H]1Nc1nc(C)c(-c2nc3c(C)nccc3s2)c(NC[C@H]2CC[C@@H](C(C)(C)Cl)C2)n1. The molecule has 194 valence electrons. The number of anilines is 2. The summed E-state index contributed by atoms with van der Waals surface area (Å²) in [5, 5.41) is 8.19. The van der Waals surface area contributed by atoms with Crippen molar-refractivity contribution in [2.45, 2.75) is 83.2 Å². The van der Waals surface area contributed by atoms with Crippen LogP contribution in [0.5, 0.6) is 0 Å². The Hall–Kier alpha value is -2.03. The van der Waals surface area contributed by atoms with E-state index in [9.17, 15) is 0 Å². The van der Waals surface area contributed by atoms with Gasteiger partial charge >= 0.3 is 0 Å². The zero-order valence-corrected chi connectivity index (χ0v) is 23.5. The molecule has 0 aromatic carbocycles. The average molecular weight is 529 g/mol. The van der Waals surface area contributed by atoms with Gasteiger partial charge in [0.1, 0.15) is 16.3 Å². The number of halogens is 1. The van der Waals surface area contributed by atoms with Gasteiger partial charge in [-0.3, -0.25) is 4.98 Å². The van der Waals surface area contributed by atoms with Gasteiger partial charge in [-0.1, -0.05) is 0 Å². The van der Waals surface area contributed by atoms with Crippen LogP contribution in [0.1, 0.15) is 63.8 Å². The molecule has 2 saturated carbocycles. The number of aryl methyl sites for hydroxylation is 2. The number of nitrogens with one attached hydrogen (secondary N) is 2. The smallest absolute Gasteiger partial charge is 0.225 e. The van der Waals surface area contributed by atoms with Gasteiger partial charge < -0.3 is 15.4 Å². The lowest BCUT2D eigenvalue weighted by Gasteiger charge is -2.24. The molecule has 2 fully saturated rings. The van der Waals surface area contributed by atoms with Crippen molar-refractivity contribution in [3.63, 3.8) is 0 Å². The molecule has 4 atom stereocenters. The van der Waals surface area contributed by atoms with Gasteiger partial charge in [-0.15, -0.1) is 22.9 Å². The maximum absolute atomic E-state index is 6.65. The molecule has 2 aliphatic carbocycles. The van der Waals surface area contributed by atoms with Crippen LogP contribution >= 0.6 is 22.9 Å². The van der Waals surface area contributed by atoms with E-state index in [-0.39, 0.29) is 17.0 Å². The first-order chi connectivity index (χ1) is 17.2. The Morgan fingerprint density at radius 3 is 2.67 bits per heavy atom. The topological polar surface area (TPSA) is 84.8 Å². The number of methoxy groups -OCH3 is 1. The van der Waals surface area contributed by atoms with E-state index in [1.165, 1.54) is 12.8 Å². The van der Waals surface area contributed by atoms with Crippen molar-refractivity contribution in [2.75, 3.05) is 24.3 Å². The molecule has 9 heteroatoms. The Morgan fingerprint density at radius 1 is 1.11 bits per heavy atom. The Labute approximate surface area is 222 Å². The second kappa shape index (κ2) is 10.4. The molecule has 0 bridgehead atoms. The molecule has 7 nitrogen and oxygen atoms in total. The van der Waals surface area contributed by atoms with Crippen LogP contribution in [0, 0.1) is 25.7 Å². The van der Waals surface area contributed by atoms with E-state index in [2.05, 4.69) is 36.4 Å². The molecule has 3 heterocycles. The molecule has 0 saturated heterocycles. The summed E-state index contributed by atoms with van der Waals surface area (Å²) in [6.07, 6.45) is 8.81. The number of fused-ring (bicyclic) bond motifs is 1. The minimum absolute atomic E-state index is 0.158. The van der Waals surface area contributed by atoms with Crippen molar-refractivity contribution in [1.82, 2.24) is 19.9 Å². The molecular weight excluding hydrogens is 492 g/mol. The first-order valence-electron chi connectivity index (χ1n) is 13.1. The fourth-order valence-corrected chi connectivity index (χ4v) is 7.08. The third kappa shape index (κ3) is 5.31. The van der Waals surface area contributed by atoms with E-state index < -0.39 is 0 Å². The second-order valence-corrected chi connectivity index (χ2v) is 12.9. The third-order valence-electron chi connectivity index (χ3n) is 7.93. The molecule has 0 radical (unpaired) electrons. The summed E-state index contributed by atoms with van der Waals surface area (Å²) in [7, 11) is 1.79. The van der Waals surface area contributed by atoms with Crippen molar-refractivity contribution in [3.8, 4) is 10.6 Å². The number of hydrogen-bond donors (Lipinski definition) is 2. The number of aromatic nitrogens is 4. The molecule has 3 aromatic heterocycles. The van der Waals surface area contributed by atoms with Crippen LogP contribution < -0.4 is 10.6 Å². The molecule has 0 aliphatic heterocycles. The van der Waals surface area contributed by atoms with Gasteiger partial charge in [0.15, 0.2) is 0 Å². The lowest BCUT2D eigenvalue weighted by molar-refractivity contribution is 0.101. The van der Waals surface area contributed by atoms with E-state index in [4.69, 9.17) is 31.3 Å². The van der Waals surface area contributed by atoms with Gasteiger partial charge in [0.05, 0.1) is 33.8 Å². The summed E-state index contributed by atoms with van der Waals surface area (Å²) in [6.45, 7) is 9.19. The van der Waals surface area contributed by atoms with Crippen LogP contribution in [-0.4, -0.2) is 50.6 Å². The predicted molar refractivity (Wildman–Crippen MR) is 149 cm³/mol. The summed E-state index contributed by atoms with van der Waals surface area (Å²) in [4.78, 5) is 19.1. The number of rotatable bonds is 8. The third-order valence-corrected chi connectivity index (χ3v) is 9.28. The van der Waals surface area contributed by atoms with E-state index in [0.717, 1.165) is 70.2 Å². The number of ether oxygens (including phenoxy) is 1. The monoisotopic (exact) mass is 528 g/mol. The van der Waals surface area contributed by atoms with Gasteiger partial charge in [-0.05, 0) is 84.1 Å². The van der Waals surface area contributed by atoms with Gasteiger partial charge in [0.2, 0.25) is 5.95 Å². The number of nitrogens with zero attached hydrogens (tertiary/aromatic N) is 4. The molecule has 3 aromatic rings. The van der Waals surface area contributed by atoms with E-state index in [0.29, 0.717) is 17.8 Å². The second-order valence-electron chi connectivity index (χ2n) is 10.9. The highest BCUT2D eigenvalue weighted by molar-refractivity contribution is 7.21. The molecule has 5 rings (SSSR count). The standard InChI is InChI=1S/C27H37ClN6OS/c1-15-22(25-33-23-16(2)29-12-11-21(23)36-25)24(30-14-17-9-10-18(13-17)27(3,4)28)34-26(31-15)32-19-7-6-8-20(19)35-5/h11-12,17-20H,6-10,13-14H2,1-5H3,(H2,30,31,32,34)/t17-,18+,19-,20+/m0/s1. The number of alkyl halides is 1. The van der Waals surface area contributed by atoms with Crippen molar-refractivity contribution < 1.29 is 4.74 Å². The fourth-order valence-electron chi connectivity index (χ4n) is 5.77. The Bertz CT molecular complexity index is 1220. The van der Waals surface area contributed by atoms with Gasteiger partial charge in [-0.2, -0.15) is 4.98 Å². The van der Waals surface area contributed by atoms with Crippen molar-refractivity contribution >= 4 is 44.9 Å². The highest BCUT2D eigenvalue weighted by Gasteiger charge is 2.35. The van der Waals surface area contributed by atoms with E-state index in [1.807, 2.05) is 19.2 Å². The van der Waals surface area contributed by atoms with E-state index >= 15 is 0 Å². The van der Waals surface area contributed by atoms with Gasteiger partial charge in [-0.25, -0.2) is 9.97 Å². The van der Waals surface area contributed by atoms with Crippen molar-refractivity contribution in [2.24, 2.45) is 11.8 Å². The summed E-state index contributed by atoms with van der Waals surface area (Å²) in [5.41, 5.74) is 3.77. The van der Waals surface area contributed by atoms with Crippen LogP contribution in [0.4, 0.5) is 11.8 Å². The zero-order chi connectivity index (χ0) is 25.4. The first-order valence-corrected chi connectivity index (χ1v) is 14.3. The van der Waals surface area contributed by atoms with Crippen molar-refractivity contribution in [3.05, 3.63) is 23.7 Å². The van der Waals surface area contributed by atoms with Crippen LogP contribution in [0.15, 0.2) is 12.3 Å². The maximum Gasteiger partial charge on any atom is 0.225 e. The fraction of sp³-hybridized carbons (Fsp3) is 0.630. The molecule has 0 amide bonds. The van der Waals surface area contributed by atoms with Crippen LogP contribution in [0.25, 0.3) is 20.8 Å². The summed E-state index contributed by atoms with van der Waals surface area (Å²) >= 11 is 8.32. The Balaban J connectivity index is 1.45. The normalized spacial score (nSPS) is 24.5. The van der Waals surface area contributed by atoms with Gasteiger partial charge in [0, 0.05) is 24.7 Å². The highest BCUT2D eigenvalue weighted by atomic mass is 35.5. The molecule has 0 unspecified atom stereocenters. The average Bonchev–Trinajstić information content (AvgIpc) is 3.57. The molecule has 0 spiro atoms. The minimum Gasteiger partial charge on any atom is -0.379 e. The molecular formula is C27H37ClN6OS. The quantitative estimate of drug-likeness (QED) is 0.319. The van der Waals surface area contributed by atoms with Crippen LogP contribution in [0.3, 0.4) is 0 Å². The van der Waals surface area contributed by atoms with Crippen molar-refractivity contribution in [1.29, 1.82) is 0 Å². The summed E-state index contributed by atoms with van der Waals surface area (Å²) < 4.78 is 6.81. The number of pyridine rings is 1. The molecule has 2 aliphatic rings. The largest absolute Gasteiger partial charge is 0.379 e. The molecule has 2 N–H and O–H groups in total. The molecule has 36 heavy (non-hydrogen) atoms.